The lowest BCUT2D eigenvalue weighted by Crippen LogP contribution is -2.54. The minimum Gasteiger partial charge on any atom is -0.480 e. The van der Waals surface area contributed by atoms with E-state index in [0.29, 0.717) is 11.5 Å². The number of alkyl halides is 3. The fraction of sp³-hybridized carbons (Fsp3) is 0.611. The predicted octanol–water partition coefficient (Wildman–Crippen LogP) is 3.00. The van der Waals surface area contributed by atoms with E-state index < -0.39 is 12.3 Å². The average molecular weight is 372 g/mol. The smallest absolute Gasteiger partial charge is 0.480 e. The number of carbonyl (C=O) groups is 1. The van der Waals surface area contributed by atoms with Crippen molar-refractivity contribution in [2.45, 2.75) is 50.7 Å². The first kappa shape index (κ1) is 19.0. The highest BCUT2D eigenvalue weighted by atomic mass is 19.4. The van der Waals surface area contributed by atoms with Crippen LogP contribution in [0.2, 0.25) is 0 Å². The van der Waals surface area contributed by atoms with E-state index in [9.17, 15) is 18.0 Å². The average Bonchev–Trinajstić information content (AvgIpc) is 3.29. The summed E-state index contributed by atoms with van der Waals surface area (Å²) in [5, 5.41) is 12.3. The third-order valence-electron chi connectivity index (χ3n) is 4.94. The number of carboxylic acid groups (broad SMARTS) is 1. The molecule has 2 aliphatic rings. The first-order chi connectivity index (χ1) is 12.3. The van der Waals surface area contributed by atoms with Crippen LogP contribution in [0.1, 0.15) is 31.2 Å². The van der Waals surface area contributed by atoms with Crippen LogP contribution in [0.3, 0.4) is 0 Å². The number of nitrogens with zero attached hydrogens (tertiary/aromatic N) is 1. The molecule has 3 rings (SSSR count). The van der Waals surface area contributed by atoms with E-state index in [2.05, 4.69) is 10.1 Å². The lowest BCUT2D eigenvalue weighted by atomic mass is 9.85. The van der Waals surface area contributed by atoms with Crippen LogP contribution in [0.5, 0.6) is 5.75 Å². The number of benzene rings is 1. The molecule has 26 heavy (non-hydrogen) atoms. The Kier molecular flexibility index (Phi) is 5.72. The number of aliphatic carboxylic acids is 1. The summed E-state index contributed by atoms with van der Waals surface area (Å²) in [6, 6.07) is 6.49. The molecule has 0 aromatic heterocycles. The monoisotopic (exact) mass is 372 g/mol. The molecule has 0 spiro atoms. The van der Waals surface area contributed by atoms with Crippen molar-refractivity contribution in [3.8, 4) is 5.75 Å². The van der Waals surface area contributed by atoms with Gasteiger partial charge in [-0.3, -0.25) is 9.69 Å². The van der Waals surface area contributed by atoms with Crippen LogP contribution in [0.25, 0.3) is 0 Å². The van der Waals surface area contributed by atoms with Gasteiger partial charge in [0.05, 0.1) is 6.54 Å². The lowest BCUT2D eigenvalue weighted by Gasteiger charge is -2.43. The second-order valence-electron chi connectivity index (χ2n) is 7.13. The van der Waals surface area contributed by atoms with Crippen molar-refractivity contribution < 1.29 is 27.8 Å². The van der Waals surface area contributed by atoms with Crippen LogP contribution in [0, 0.1) is 5.92 Å². The molecule has 0 bridgehead atoms. The zero-order chi connectivity index (χ0) is 18.7. The molecule has 0 atom stereocenters. The summed E-state index contributed by atoms with van der Waals surface area (Å²) in [5.74, 6) is -0.391. The van der Waals surface area contributed by atoms with E-state index in [1.165, 1.54) is 25.0 Å². The van der Waals surface area contributed by atoms with Crippen molar-refractivity contribution in [1.29, 1.82) is 0 Å². The SMILES string of the molecule is O=C(O)CN(CC1CC1)C1CC(NCc2ccccc2OC(F)(F)F)C1. The molecule has 2 aliphatic carbocycles. The van der Waals surface area contributed by atoms with Crippen LogP contribution in [-0.4, -0.2) is 47.5 Å². The Morgan fingerprint density at radius 1 is 1.27 bits per heavy atom. The second-order valence-corrected chi connectivity index (χ2v) is 7.13. The maximum Gasteiger partial charge on any atom is 0.573 e. The Morgan fingerprint density at radius 2 is 1.96 bits per heavy atom. The van der Waals surface area contributed by atoms with Crippen molar-refractivity contribution in [3.05, 3.63) is 29.8 Å². The van der Waals surface area contributed by atoms with Gasteiger partial charge in [-0.2, -0.15) is 0 Å². The van der Waals surface area contributed by atoms with Gasteiger partial charge in [-0.25, -0.2) is 0 Å². The van der Waals surface area contributed by atoms with E-state index >= 15 is 0 Å². The van der Waals surface area contributed by atoms with Gasteiger partial charge >= 0.3 is 12.3 Å². The molecule has 2 fully saturated rings. The first-order valence-corrected chi connectivity index (χ1v) is 8.83. The van der Waals surface area contributed by atoms with Crippen LogP contribution in [0.4, 0.5) is 13.2 Å². The number of nitrogens with one attached hydrogen (secondary N) is 1. The summed E-state index contributed by atoms with van der Waals surface area (Å²) in [4.78, 5) is 13.1. The number of para-hydroxylation sites is 1. The van der Waals surface area contributed by atoms with Crippen molar-refractivity contribution in [2.75, 3.05) is 13.1 Å². The Bertz CT molecular complexity index is 628. The van der Waals surface area contributed by atoms with Gasteiger partial charge in [0.2, 0.25) is 0 Å². The summed E-state index contributed by atoms with van der Waals surface area (Å²) in [7, 11) is 0. The van der Waals surface area contributed by atoms with E-state index in [-0.39, 0.29) is 30.9 Å². The van der Waals surface area contributed by atoms with Crippen LogP contribution >= 0.6 is 0 Å². The van der Waals surface area contributed by atoms with Crippen LogP contribution in [0.15, 0.2) is 24.3 Å². The maximum absolute atomic E-state index is 12.5. The third-order valence-corrected chi connectivity index (χ3v) is 4.94. The fourth-order valence-corrected chi connectivity index (χ4v) is 3.33. The highest BCUT2D eigenvalue weighted by Crippen LogP contribution is 2.34. The van der Waals surface area contributed by atoms with E-state index in [0.717, 1.165) is 19.4 Å². The second kappa shape index (κ2) is 7.84. The summed E-state index contributed by atoms with van der Waals surface area (Å²) >= 11 is 0. The molecule has 1 aromatic rings. The molecule has 5 nitrogen and oxygen atoms in total. The van der Waals surface area contributed by atoms with Gasteiger partial charge in [0.15, 0.2) is 0 Å². The molecule has 2 saturated carbocycles. The van der Waals surface area contributed by atoms with Gasteiger partial charge in [-0.05, 0) is 37.7 Å². The Hall–Kier alpha value is -1.80. The molecule has 0 unspecified atom stereocenters. The van der Waals surface area contributed by atoms with Gasteiger partial charge in [-0.15, -0.1) is 13.2 Å². The normalized spacial score (nSPS) is 22.9. The van der Waals surface area contributed by atoms with Gasteiger partial charge < -0.3 is 15.2 Å². The van der Waals surface area contributed by atoms with Gasteiger partial charge in [-0.1, -0.05) is 18.2 Å². The molecule has 0 radical (unpaired) electrons. The molecule has 8 heteroatoms. The number of hydrogen-bond donors (Lipinski definition) is 2. The van der Waals surface area contributed by atoms with Gasteiger partial charge in [0.25, 0.3) is 0 Å². The van der Waals surface area contributed by atoms with Crippen molar-refractivity contribution in [3.63, 3.8) is 0 Å². The molecule has 144 valence electrons. The van der Waals surface area contributed by atoms with Gasteiger partial charge in [0, 0.05) is 30.7 Å². The molecular formula is C18H23F3N2O3. The summed E-state index contributed by atoms with van der Waals surface area (Å²) < 4.78 is 41.4. The summed E-state index contributed by atoms with van der Waals surface area (Å²) in [6.07, 6.45) is -0.760. The fourth-order valence-electron chi connectivity index (χ4n) is 3.33. The number of carboxylic acids is 1. The first-order valence-electron chi connectivity index (χ1n) is 8.83. The molecular weight excluding hydrogens is 349 g/mol. The molecule has 0 amide bonds. The molecule has 1 aromatic carbocycles. The zero-order valence-corrected chi connectivity index (χ0v) is 14.3. The Labute approximate surface area is 150 Å². The van der Waals surface area contributed by atoms with Gasteiger partial charge in [0.1, 0.15) is 5.75 Å². The Balaban J connectivity index is 1.48. The standard InChI is InChI=1S/C18H23F3N2O3/c19-18(20,21)26-16-4-2-1-3-13(16)9-22-14-7-15(8-14)23(11-17(24)25)10-12-5-6-12/h1-4,12,14-15,22H,5-11H2,(H,24,25). The highest BCUT2D eigenvalue weighted by Gasteiger charge is 2.37. The largest absolute Gasteiger partial charge is 0.573 e. The lowest BCUT2D eigenvalue weighted by molar-refractivity contribution is -0.274. The van der Waals surface area contributed by atoms with Crippen LogP contribution < -0.4 is 10.1 Å². The topological polar surface area (TPSA) is 61.8 Å². The molecule has 0 saturated heterocycles. The third kappa shape index (κ3) is 5.60. The van der Waals surface area contributed by atoms with E-state index in [1.807, 2.05) is 4.90 Å². The number of halogens is 3. The molecule has 0 aliphatic heterocycles. The highest BCUT2D eigenvalue weighted by molar-refractivity contribution is 5.69. The van der Waals surface area contributed by atoms with Crippen LogP contribution in [-0.2, 0) is 11.3 Å². The molecule has 0 heterocycles. The van der Waals surface area contributed by atoms with Crippen molar-refractivity contribution in [2.24, 2.45) is 5.92 Å². The number of hydrogen-bond acceptors (Lipinski definition) is 4. The number of ether oxygens (including phenoxy) is 1. The van der Waals surface area contributed by atoms with Crippen molar-refractivity contribution >= 4 is 5.97 Å². The molecule has 2 N–H and O–H groups in total. The minimum atomic E-state index is -4.71. The maximum atomic E-state index is 12.5. The van der Waals surface area contributed by atoms with E-state index in [4.69, 9.17) is 5.11 Å². The zero-order valence-electron chi connectivity index (χ0n) is 14.3. The summed E-state index contributed by atoms with van der Waals surface area (Å²) in [5.41, 5.74) is 0.452. The van der Waals surface area contributed by atoms with Crippen molar-refractivity contribution in [1.82, 2.24) is 10.2 Å². The van der Waals surface area contributed by atoms with E-state index in [1.54, 1.807) is 12.1 Å². The predicted molar refractivity (Wildman–Crippen MR) is 88.7 cm³/mol. The number of rotatable bonds is 9. The minimum absolute atomic E-state index is 0.0517. The summed E-state index contributed by atoms with van der Waals surface area (Å²) in [6.45, 7) is 1.16. The quantitative estimate of drug-likeness (QED) is 0.698. The Morgan fingerprint density at radius 3 is 2.58 bits per heavy atom.